The highest BCUT2D eigenvalue weighted by molar-refractivity contribution is 5.89. The molecule has 3 fully saturated rings. The van der Waals surface area contributed by atoms with Gasteiger partial charge >= 0.3 is 6.30 Å². The van der Waals surface area contributed by atoms with Crippen molar-refractivity contribution >= 4 is 34.8 Å². The molecule has 1 unspecified atom stereocenters. The Balaban J connectivity index is 1.24. The molecule has 3 aliphatic rings. The van der Waals surface area contributed by atoms with Crippen LogP contribution in [0.4, 0.5) is 30.2 Å². The number of nitrogens with zero attached hydrogens (tertiary/aromatic N) is 4. The second-order valence-corrected chi connectivity index (χ2v) is 12.1. The highest BCUT2D eigenvalue weighted by Gasteiger charge is 2.49. The lowest BCUT2D eigenvalue weighted by molar-refractivity contribution is -0.235. The number of halogens is 3. The predicted molar refractivity (Wildman–Crippen MR) is 159 cm³/mol. The third-order valence-electron chi connectivity index (χ3n) is 8.87. The SMILES string of the molecule is Cc1cc(N2CCC(C)CC2)ccc1Nc1ccc(CN(CCN2CCCC2=O)C(=O)C2CC(=O)N(C(F)(F)F)C2)cc1. The van der Waals surface area contributed by atoms with Crippen molar-refractivity contribution in [2.75, 3.05) is 49.5 Å². The van der Waals surface area contributed by atoms with Gasteiger partial charge in [0.25, 0.3) is 0 Å². The number of hydrogen-bond donors (Lipinski definition) is 1. The zero-order valence-electron chi connectivity index (χ0n) is 24.8. The van der Waals surface area contributed by atoms with E-state index >= 15 is 0 Å². The van der Waals surface area contributed by atoms with Gasteiger partial charge in [0, 0.05) is 75.7 Å². The van der Waals surface area contributed by atoms with Crippen molar-refractivity contribution in [2.24, 2.45) is 11.8 Å². The standard InChI is InChI=1S/C32H40F3N5O3/c1-22-11-14-37(15-12-22)27-9-10-28(23(2)18-27)36-26-7-5-24(6-8-26)20-39(17-16-38-13-3-4-29(38)41)31(43)25-19-30(42)40(21-25)32(33,34)35/h5-10,18,22,25,36H,3-4,11-17,19-21H2,1-2H3. The number of nitrogens with one attached hydrogen (secondary N) is 1. The van der Waals surface area contributed by atoms with Crippen molar-refractivity contribution in [2.45, 2.75) is 58.8 Å². The van der Waals surface area contributed by atoms with Gasteiger partial charge in [0.05, 0.1) is 5.92 Å². The topological polar surface area (TPSA) is 76.2 Å². The molecule has 11 heteroatoms. The van der Waals surface area contributed by atoms with Crippen LogP contribution < -0.4 is 10.2 Å². The van der Waals surface area contributed by atoms with Gasteiger partial charge < -0.3 is 20.0 Å². The number of benzene rings is 2. The number of hydrogen-bond acceptors (Lipinski definition) is 5. The van der Waals surface area contributed by atoms with E-state index < -0.39 is 37.0 Å². The van der Waals surface area contributed by atoms with E-state index in [9.17, 15) is 27.6 Å². The summed E-state index contributed by atoms with van der Waals surface area (Å²) in [6.07, 6.45) is -1.67. The van der Waals surface area contributed by atoms with E-state index in [0.717, 1.165) is 47.9 Å². The quantitative estimate of drug-likeness (QED) is 0.397. The third-order valence-corrected chi connectivity index (χ3v) is 8.87. The molecule has 2 aromatic carbocycles. The van der Waals surface area contributed by atoms with E-state index in [4.69, 9.17) is 0 Å². The number of carbonyl (C=O) groups excluding carboxylic acids is 3. The molecule has 3 heterocycles. The predicted octanol–water partition coefficient (Wildman–Crippen LogP) is 5.29. The molecule has 0 aromatic heterocycles. The fourth-order valence-electron chi connectivity index (χ4n) is 6.15. The van der Waals surface area contributed by atoms with Crippen molar-refractivity contribution in [1.82, 2.24) is 14.7 Å². The summed E-state index contributed by atoms with van der Waals surface area (Å²) in [6.45, 7) is 7.09. The first-order valence-electron chi connectivity index (χ1n) is 15.1. The molecule has 3 aliphatic heterocycles. The van der Waals surface area contributed by atoms with Gasteiger partial charge in [-0.2, -0.15) is 0 Å². The number of rotatable bonds is 9. The number of alkyl halides is 3. The number of piperidine rings is 1. The Bertz CT molecular complexity index is 1320. The Kier molecular flexibility index (Phi) is 9.17. The van der Waals surface area contributed by atoms with Crippen LogP contribution in [0.3, 0.4) is 0 Å². The lowest BCUT2D eigenvalue weighted by atomic mass is 9.98. The van der Waals surface area contributed by atoms with E-state index in [0.29, 0.717) is 19.5 Å². The van der Waals surface area contributed by atoms with Crippen molar-refractivity contribution in [1.29, 1.82) is 0 Å². The molecule has 3 amide bonds. The smallest absolute Gasteiger partial charge is 0.372 e. The van der Waals surface area contributed by atoms with Gasteiger partial charge in [-0.05, 0) is 73.6 Å². The highest BCUT2D eigenvalue weighted by Crippen LogP contribution is 2.32. The Morgan fingerprint density at radius 1 is 1.02 bits per heavy atom. The fourth-order valence-corrected chi connectivity index (χ4v) is 6.15. The first-order valence-corrected chi connectivity index (χ1v) is 15.1. The van der Waals surface area contributed by atoms with Crippen LogP contribution in [0.15, 0.2) is 42.5 Å². The van der Waals surface area contributed by atoms with Crippen molar-refractivity contribution < 1.29 is 27.6 Å². The molecule has 232 valence electrons. The molecule has 3 saturated heterocycles. The van der Waals surface area contributed by atoms with Crippen LogP contribution >= 0.6 is 0 Å². The average Bonchev–Trinajstić information content (AvgIpc) is 3.58. The van der Waals surface area contributed by atoms with Gasteiger partial charge in [-0.15, -0.1) is 13.2 Å². The lowest BCUT2D eigenvalue weighted by Gasteiger charge is -2.32. The number of carbonyl (C=O) groups is 3. The number of aryl methyl sites for hydroxylation is 1. The molecule has 8 nitrogen and oxygen atoms in total. The number of likely N-dealkylation sites (tertiary alicyclic amines) is 2. The van der Waals surface area contributed by atoms with Crippen molar-refractivity contribution in [3.8, 4) is 0 Å². The van der Waals surface area contributed by atoms with Crippen molar-refractivity contribution in [3.63, 3.8) is 0 Å². The Labute approximate surface area is 250 Å². The van der Waals surface area contributed by atoms with E-state index in [2.05, 4.69) is 42.3 Å². The van der Waals surface area contributed by atoms with Gasteiger partial charge in [0.2, 0.25) is 17.7 Å². The first-order chi connectivity index (χ1) is 20.5. The maximum absolute atomic E-state index is 13.4. The van der Waals surface area contributed by atoms with Crippen LogP contribution in [0.5, 0.6) is 0 Å². The molecular formula is C32H40F3N5O3. The molecule has 0 bridgehead atoms. The fraction of sp³-hybridized carbons (Fsp3) is 0.531. The molecule has 1 atom stereocenters. The van der Waals surface area contributed by atoms with Crippen molar-refractivity contribution in [3.05, 3.63) is 53.6 Å². The zero-order valence-corrected chi connectivity index (χ0v) is 24.8. The second-order valence-electron chi connectivity index (χ2n) is 12.1. The summed E-state index contributed by atoms with van der Waals surface area (Å²) < 4.78 is 39.8. The van der Waals surface area contributed by atoms with Crippen LogP contribution in [-0.2, 0) is 20.9 Å². The maximum atomic E-state index is 13.4. The molecule has 2 aromatic rings. The first kappa shape index (κ1) is 30.7. The maximum Gasteiger partial charge on any atom is 0.487 e. The minimum Gasteiger partial charge on any atom is -0.372 e. The Morgan fingerprint density at radius 3 is 2.35 bits per heavy atom. The summed E-state index contributed by atoms with van der Waals surface area (Å²) in [5.41, 5.74) is 5.03. The summed E-state index contributed by atoms with van der Waals surface area (Å²) in [4.78, 5) is 43.0. The number of anilines is 3. The zero-order chi connectivity index (χ0) is 30.7. The van der Waals surface area contributed by atoms with Gasteiger partial charge in [-0.1, -0.05) is 19.1 Å². The summed E-state index contributed by atoms with van der Waals surface area (Å²) >= 11 is 0. The molecule has 0 saturated carbocycles. The number of amides is 3. The van der Waals surface area contributed by atoms with Gasteiger partial charge in [-0.25, -0.2) is 0 Å². The van der Waals surface area contributed by atoms with Crippen LogP contribution in [0.25, 0.3) is 0 Å². The normalized spacial score (nSPS) is 19.8. The van der Waals surface area contributed by atoms with E-state index in [1.165, 1.54) is 23.4 Å². The summed E-state index contributed by atoms with van der Waals surface area (Å²) in [6, 6.07) is 14.0. The minimum atomic E-state index is -4.81. The van der Waals surface area contributed by atoms with Gasteiger partial charge in [0.15, 0.2) is 0 Å². The molecule has 1 N–H and O–H groups in total. The van der Waals surface area contributed by atoms with Crippen LogP contribution in [0, 0.1) is 18.8 Å². The van der Waals surface area contributed by atoms with Crippen LogP contribution in [0.2, 0.25) is 0 Å². The molecule has 0 radical (unpaired) electrons. The summed E-state index contributed by atoms with van der Waals surface area (Å²) in [7, 11) is 0. The highest BCUT2D eigenvalue weighted by atomic mass is 19.4. The van der Waals surface area contributed by atoms with E-state index in [-0.39, 0.29) is 23.9 Å². The lowest BCUT2D eigenvalue weighted by Crippen LogP contribution is -2.43. The summed E-state index contributed by atoms with van der Waals surface area (Å²) in [5, 5.41) is 3.46. The minimum absolute atomic E-state index is 0.0102. The molecule has 0 spiro atoms. The average molecular weight is 600 g/mol. The monoisotopic (exact) mass is 599 g/mol. The Morgan fingerprint density at radius 2 is 1.74 bits per heavy atom. The molecular weight excluding hydrogens is 559 g/mol. The Hall–Kier alpha value is -3.76. The van der Waals surface area contributed by atoms with Crippen LogP contribution in [0.1, 0.15) is 50.2 Å². The molecule has 0 aliphatic carbocycles. The van der Waals surface area contributed by atoms with Gasteiger partial charge in [0.1, 0.15) is 0 Å². The molecule has 5 rings (SSSR count). The largest absolute Gasteiger partial charge is 0.487 e. The third kappa shape index (κ3) is 7.43. The van der Waals surface area contributed by atoms with Crippen LogP contribution in [-0.4, -0.2) is 78.0 Å². The van der Waals surface area contributed by atoms with E-state index in [1.807, 2.05) is 24.3 Å². The second kappa shape index (κ2) is 12.9. The summed E-state index contributed by atoms with van der Waals surface area (Å²) in [5.74, 6) is -1.90. The van der Waals surface area contributed by atoms with Gasteiger partial charge in [-0.3, -0.25) is 19.3 Å². The van der Waals surface area contributed by atoms with E-state index in [1.54, 1.807) is 4.90 Å². The molecule has 43 heavy (non-hydrogen) atoms.